The van der Waals surface area contributed by atoms with Crippen molar-refractivity contribution in [1.29, 1.82) is 0 Å². The number of amides is 6. The molecule has 122 heavy (non-hydrogen) atoms. The number of nitrogens with zero attached hydrogens (tertiary/aromatic N) is 4. The Hall–Kier alpha value is -9.96. The molecule has 36 heteroatoms. The predicted molar refractivity (Wildman–Crippen MR) is 466 cm³/mol. The third-order valence-corrected chi connectivity index (χ3v) is 18.9. The molecule has 4 aromatic carbocycles. The Bertz CT molecular complexity index is 4240. The quantitative estimate of drug-likeness (QED) is 0.0288. The lowest BCUT2D eigenvalue weighted by atomic mass is 9.93. The molecule has 8 aliphatic rings. The molecule has 3 atom stereocenters. The Morgan fingerprint density at radius 1 is 0.516 bits per heavy atom. The third-order valence-electron chi connectivity index (χ3n) is 18.7. The molecule has 32 nitrogen and oxygen atoms in total. The second-order valence-corrected chi connectivity index (χ2v) is 32.7. The minimum absolute atomic E-state index is 0. The van der Waals surface area contributed by atoms with Crippen molar-refractivity contribution in [1.82, 2.24) is 24.9 Å². The SMILES string of the molecule is C.C.CC(=O)c1cc2c(cc1N)OCO2.CC(=O)c1cc2c(cc1NC(=O)CC1CCCN(C(=O)CC(C)C)C1)OCO2.CC(=O)c1cc2c(cc1NC(=O)CC1CCCNC1)OCO2.CC(=O)c1cc2c(cc1NC(=O)CN1CCCN(C(=O)OC(C)(C)C)C1)OCO2.CC(C)(C)OC(=O)N1CCCC(CC(=O)O)C1.CC(C)CC(=O)Cl.Cl.Cl.[2H]CF. The molecule has 7 N–H and O–H groups in total. The van der Waals surface area contributed by atoms with Crippen LogP contribution in [0.3, 0.4) is 0 Å². The molecule has 3 unspecified atom stereocenters. The van der Waals surface area contributed by atoms with E-state index in [1.807, 2.05) is 79.0 Å². The van der Waals surface area contributed by atoms with Gasteiger partial charge in [0.2, 0.25) is 56.0 Å². The van der Waals surface area contributed by atoms with Crippen LogP contribution in [0.4, 0.5) is 36.7 Å². The van der Waals surface area contributed by atoms with Crippen molar-refractivity contribution < 1.29 is 116 Å². The first-order valence-corrected chi connectivity index (χ1v) is 39.8. The summed E-state index contributed by atoms with van der Waals surface area (Å²) in [6.07, 6.45) is 7.63. The zero-order valence-electron chi connectivity index (χ0n) is 72.0. The monoisotopic (exact) mass is 1780 g/mol. The summed E-state index contributed by atoms with van der Waals surface area (Å²) in [6.45, 7) is 31.3. The van der Waals surface area contributed by atoms with Crippen LogP contribution in [-0.4, -0.2) is 206 Å². The number of nitrogen functional groups attached to an aromatic ring is 1. The lowest BCUT2D eigenvalue weighted by Gasteiger charge is -2.36. The first kappa shape index (κ1) is 106. The van der Waals surface area contributed by atoms with Gasteiger partial charge in [-0.2, -0.15) is 0 Å². The number of nitrogens with two attached hydrogens (primary N) is 1. The van der Waals surface area contributed by atoms with Crippen molar-refractivity contribution in [2.24, 2.45) is 29.6 Å². The summed E-state index contributed by atoms with van der Waals surface area (Å²) >= 11 is 5.03. The molecule has 4 fully saturated rings. The number of aliphatic carboxylic acids is 1. The number of likely N-dealkylation sites (tertiary alicyclic amines) is 2. The number of carbonyl (C=O) groups excluding carboxylic acids is 11. The number of carboxylic acid groups (broad SMARTS) is 1. The minimum atomic E-state index is -1.00. The number of fused-ring (bicyclic) bond motifs is 4. The lowest BCUT2D eigenvalue weighted by molar-refractivity contribution is -0.138. The highest BCUT2D eigenvalue weighted by molar-refractivity contribution is 6.63. The van der Waals surface area contributed by atoms with E-state index in [4.69, 9.17) is 71.2 Å². The fourth-order valence-corrected chi connectivity index (χ4v) is 13.7. The van der Waals surface area contributed by atoms with Gasteiger partial charge in [-0.15, -0.1) is 24.8 Å². The van der Waals surface area contributed by atoms with Gasteiger partial charge in [0, 0.05) is 124 Å². The van der Waals surface area contributed by atoms with Gasteiger partial charge >= 0.3 is 18.2 Å². The molecule has 4 aromatic rings. The maximum atomic E-state index is 12.6. The average molecular weight is 1780 g/mol. The van der Waals surface area contributed by atoms with Crippen molar-refractivity contribution in [2.45, 2.75) is 200 Å². The molecular weight excluding hydrogens is 1650 g/mol. The standard InChI is InChI=1S/C21H28N2O5.C20H27N3O6.C16H20N2O4.C12H21NO4.C9H9NO3.C5H9ClO.CH3F.2CH4.2ClH/c1-13(2)7-21(26)23-6-4-5-15(11-23)8-20(25)22-17-10-19-18(27-12-28-19)9-16(17)14(3)24;1-13(24)14-8-16-17(28-12-27-16)9-15(14)21-18(25)10-22-6-5-7-23(11-22)19(26)29-20(2,3)4;1-10(19)12-6-14-15(22-9-21-14)7-13(12)18-16(20)5-11-3-2-4-17-8-11;1-12(2,3)17-11(16)13-6-4-5-9(8-13)7-10(14)15;1-5(11)6-2-8-9(3-7(6)10)13-4-12-8;1-4(2)3-5(6)7;1-2;;;;/h9-10,13,15H,4-8,11-12H2,1-3H3,(H,22,25);8-9H,5-7,10-12H2,1-4H3,(H,21,25);6-7,11,17H,2-5,8-9H2,1H3,(H,18,20);9H,4-8H2,1-3H3,(H,14,15);2-3H,4,10H2,1H3;4H,3H2,1-2H3;1H3;2*1H4;2*1H/i;;;;;;1D;;;;. The van der Waals surface area contributed by atoms with E-state index in [2.05, 4.69) is 21.3 Å². The Morgan fingerprint density at radius 3 is 1.25 bits per heavy atom. The van der Waals surface area contributed by atoms with Gasteiger partial charge in [-0.3, -0.25) is 62.1 Å². The van der Waals surface area contributed by atoms with Crippen LogP contribution in [0.1, 0.15) is 232 Å². The van der Waals surface area contributed by atoms with E-state index < -0.39 is 30.4 Å². The van der Waals surface area contributed by atoms with Crippen LogP contribution in [0, 0.1) is 29.6 Å². The van der Waals surface area contributed by atoms with Crippen molar-refractivity contribution in [2.75, 3.05) is 122 Å². The minimum Gasteiger partial charge on any atom is -0.481 e. The molecule has 4 saturated heterocycles. The van der Waals surface area contributed by atoms with Crippen molar-refractivity contribution in [3.63, 3.8) is 0 Å². The van der Waals surface area contributed by atoms with Crippen LogP contribution >= 0.6 is 36.4 Å². The Morgan fingerprint density at radius 2 is 0.869 bits per heavy atom. The van der Waals surface area contributed by atoms with Crippen LogP contribution in [0.15, 0.2) is 48.5 Å². The number of benzene rings is 4. The van der Waals surface area contributed by atoms with E-state index >= 15 is 0 Å². The molecule has 0 aromatic heterocycles. The second kappa shape index (κ2) is 51.8. The van der Waals surface area contributed by atoms with Crippen LogP contribution in [-0.2, 0) is 38.2 Å². The maximum absolute atomic E-state index is 12.6. The largest absolute Gasteiger partial charge is 0.481 e. The Balaban J connectivity index is 0.000000512. The van der Waals surface area contributed by atoms with Gasteiger partial charge in [0.1, 0.15) is 11.2 Å². The Labute approximate surface area is 734 Å². The molecule has 682 valence electrons. The van der Waals surface area contributed by atoms with Crippen LogP contribution in [0.25, 0.3) is 0 Å². The number of rotatable bonds is 19. The fourth-order valence-electron chi connectivity index (χ4n) is 13.4. The normalized spacial score (nSPS) is 16.7. The Kier molecular flexibility index (Phi) is 45.1. The maximum Gasteiger partial charge on any atom is 0.411 e. The van der Waals surface area contributed by atoms with Gasteiger partial charge in [-0.1, -0.05) is 42.5 Å². The summed E-state index contributed by atoms with van der Waals surface area (Å²) in [6, 6.07) is 12.9. The molecule has 8 heterocycles. The van der Waals surface area contributed by atoms with E-state index in [1.165, 1.54) is 27.7 Å². The molecule has 0 aliphatic carbocycles. The highest BCUT2D eigenvalue weighted by Crippen LogP contribution is 2.41. The van der Waals surface area contributed by atoms with Crippen molar-refractivity contribution in [3.8, 4) is 46.0 Å². The van der Waals surface area contributed by atoms with Crippen molar-refractivity contribution in [3.05, 3.63) is 70.8 Å². The zero-order chi connectivity index (χ0) is 88.0. The van der Waals surface area contributed by atoms with E-state index in [0.717, 1.165) is 64.6 Å². The number of alkyl halides is 1. The topological polar surface area (TPSA) is 404 Å². The first-order chi connectivity index (χ1) is 56.1. The summed E-state index contributed by atoms with van der Waals surface area (Å²) in [7, 11) is -1.00. The number of anilines is 4. The summed E-state index contributed by atoms with van der Waals surface area (Å²) in [5.41, 5.74) is 7.98. The smallest absolute Gasteiger partial charge is 0.411 e. The van der Waals surface area contributed by atoms with Gasteiger partial charge in [0.25, 0.3) is 0 Å². The number of nitrogens with one attached hydrogen (secondary N) is 4. The predicted octanol–water partition coefficient (Wildman–Crippen LogP) is 15.4. The molecule has 8 aliphatic heterocycles. The number of ketones is 4. The number of hydrogen-bond donors (Lipinski definition) is 6. The average Bonchev–Trinajstić information content (AvgIpc) is 1.75. The molecule has 12 rings (SSSR count). The van der Waals surface area contributed by atoms with Gasteiger partial charge < -0.3 is 89.3 Å². The fraction of sp³-hybridized carbons (Fsp3) is 0.581. The number of ether oxygens (including phenoxy) is 10. The number of hydrogen-bond acceptors (Lipinski definition) is 25. The third kappa shape index (κ3) is 36.2. The molecule has 0 spiro atoms. The van der Waals surface area contributed by atoms with Crippen LogP contribution in [0.2, 0.25) is 0 Å². The number of piperidine rings is 3. The number of Topliss-reactive ketones (excluding diaryl/α,β-unsaturated/α-hetero) is 4. The number of carbonyl (C=O) groups is 12. The van der Waals surface area contributed by atoms with Gasteiger partial charge in [-0.05, 0) is 193 Å². The van der Waals surface area contributed by atoms with Gasteiger partial charge in [-0.25, -0.2) is 9.59 Å². The highest BCUT2D eigenvalue weighted by Gasteiger charge is 2.33. The van der Waals surface area contributed by atoms with E-state index in [-0.39, 0.29) is 150 Å². The summed E-state index contributed by atoms with van der Waals surface area (Å²) in [5, 5.41) is 20.3. The van der Waals surface area contributed by atoms with Crippen LogP contribution in [0.5, 0.6) is 46.0 Å². The highest BCUT2D eigenvalue weighted by atomic mass is 35.5. The number of halogens is 4. The van der Waals surface area contributed by atoms with E-state index in [0.29, 0.717) is 174 Å². The van der Waals surface area contributed by atoms with Gasteiger partial charge in [0.15, 0.2) is 69.1 Å². The first-order valence-electron chi connectivity index (χ1n) is 40.1. The summed E-state index contributed by atoms with van der Waals surface area (Å²) < 4.78 is 68.3. The zero-order valence-corrected chi connectivity index (χ0v) is 73.4. The van der Waals surface area contributed by atoms with Gasteiger partial charge in [0.05, 0.1) is 38.8 Å². The van der Waals surface area contributed by atoms with E-state index in [1.54, 1.807) is 58.3 Å². The number of carboxylic acids is 1. The summed E-state index contributed by atoms with van der Waals surface area (Å²) in [4.78, 5) is 148. The van der Waals surface area contributed by atoms with Crippen molar-refractivity contribution >= 4 is 129 Å². The molecule has 6 amide bonds. The molecule has 0 saturated carbocycles. The van der Waals surface area contributed by atoms with E-state index in [9.17, 15) is 61.9 Å². The summed E-state index contributed by atoms with van der Waals surface area (Å²) in [5.74, 6) is 3.83. The lowest BCUT2D eigenvalue weighted by Crippen LogP contribution is -2.50. The second-order valence-electron chi connectivity index (χ2n) is 32.3. The molecule has 0 radical (unpaired) electrons. The molecule has 0 bridgehead atoms. The van der Waals surface area contributed by atoms with Crippen LogP contribution < -0.4 is 64.9 Å². The molecular formula is C86H127Cl3FN9O23.